The van der Waals surface area contributed by atoms with Crippen LogP contribution < -0.4 is 0 Å². The van der Waals surface area contributed by atoms with E-state index in [9.17, 15) is 4.79 Å². The van der Waals surface area contributed by atoms with Crippen molar-refractivity contribution in [3.8, 4) is 0 Å². The molecule has 1 aliphatic heterocycles. The summed E-state index contributed by atoms with van der Waals surface area (Å²) in [6.45, 7) is 4.05. The number of carboxylic acids is 1. The number of aliphatic carboxylic acids is 1. The van der Waals surface area contributed by atoms with Gasteiger partial charge in [-0.05, 0) is 26.3 Å². The number of hydrogen-bond donors (Lipinski definition) is 2. The predicted octanol–water partition coefficient (Wildman–Crippen LogP) is 0.164. The van der Waals surface area contributed by atoms with E-state index in [2.05, 4.69) is 4.90 Å². The fourth-order valence-corrected chi connectivity index (χ4v) is 1.61. The number of carbonyl (C=O) groups is 1. The van der Waals surface area contributed by atoms with Crippen molar-refractivity contribution in [1.82, 2.24) is 4.90 Å². The molecule has 0 radical (unpaired) electrons. The maximum Gasteiger partial charge on any atom is 0.307 e. The first-order valence-corrected chi connectivity index (χ1v) is 4.73. The van der Waals surface area contributed by atoms with Gasteiger partial charge >= 0.3 is 5.97 Å². The third-order valence-electron chi connectivity index (χ3n) is 2.48. The van der Waals surface area contributed by atoms with Gasteiger partial charge < -0.3 is 15.1 Å². The minimum absolute atomic E-state index is 0.200. The molecule has 4 nitrogen and oxygen atoms in total. The van der Waals surface area contributed by atoms with Gasteiger partial charge in [-0.25, -0.2) is 0 Å². The van der Waals surface area contributed by atoms with Crippen molar-refractivity contribution in [3.63, 3.8) is 0 Å². The summed E-state index contributed by atoms with van der Waals surface area (Å²) in [7, 11) is 0. The fourth-order valence-electron chi connectivity index (χ4n) is 1.61. The lowest BCUT2D eigenvalue weighted by atomic mass is 10.1. The molecule has 1 saturated heterocycles. The van der Waals surface area contributed by atoms with E-state index in [-0.39, 0.29) is 12.0 Å². The Morgan fingerprint density at radius 3 is 2.85 bits per heavy atom. The molecule has 0 amide bonds. The molecule has 1 rings (SSSR count). The molecule has 0 aliphatic carbocycles. The molecule has 0 aromatic rings. The van der Waals surface area contributed by atoms with Crippen LogP contribution in [0.15, 0.2) is 0 Å². The lowest BCUT2D eigenvalue weighted by molar-refractivity contribution is -0.141. The molecule has 13 heavy (non-hydrogen) atoms. The molecule has 1 aliphatic rings. The summed E-state index contributed by atoms with van der Waals surface area (Å²) in [5, 5.41) is 17.8. The minimum atomic E-state index is -0.695. The Kier molecular flexibility index (Phi) is 3.69. The van der Waals surface area contributed by atoms with Crippen molar-refractivity contribution in [2.45, 2.75) is 25.9 Å². The van der Waals surface area contributed by atoms with Crippen LogP contribution in [0.4, 0.5) is 0 Å². The average Bonchev–Trinajstić information content (AvgIpc) is 2.48. The fraction of sp³-hybridized carbons (Fsp3) is 0.889. The molecular formula is C9H17NO3. The van der Waals surface area contributed by atoms with E-state index in [0.29, 0.717) is 6.54 Å². The summed E-state index contributed by atoms with van der Waals surface area (Å²) in [5.74, 6) is -0.895. The largest absolute Gasteiger partial charge is 0.481 e. The lowest BCUT2D eigenvalue weighted by Crippen LogP contribution is -2.26. The SMILES string of the molecule is CC(O)CCN1CCC(C(=O)O)C1. The summed E-state index contributed by atoms with van der Waals surface area (Å²) in [4.78, 5) is 12.7. The highest BCUT2D eigenvalue weighted by molar-refractivity contribution is 5.70. The van der Waals surface area contributed by atoms with Crippen molar-refractivity contribution in [2.75, 3.05) is 19.6 Å². The van der Waals surface area contributed by atoms with Crippen LogP contribution in [-0.2, 0) is 4.79 Å². The Morgan fingerprint density at radius 2 is 2.38 bits per heavy atom. The normalized spacial score (nSPS) is 26.2. The first-order valence-electron chi connectivity index (χ1n) is 4.73. The van der Waals surface area contributed by atoms with Gasteiger partial charge in [0.15, 0.2) is 0 Å². The standard InChI is InChI=1S/C9H17NO3/c1-7(11)2-4-10-5-3-8(6-10)9(12)13/h7-8,11H,2-6H2,1H3,(H,12,13). The monoisotopic (exact) mass is 187 g/mol. The van der Waals surface area contributed by atoms with Crippen LogP contribution in [0.2, 0.25) is 0 Å². The Hall–Kier alpha value is -0.610. The quantitative estimate of drug-likeness (QED) is 0.658. The van der Waals surface area contributed by atoms with Crippen LogP contribution in [0.3, 0.4) is 0 Å². The molecule has 1 heterocycles. The third kappa shape index (κ3) is 3.32. The van der Waals surface area contributed by atoms with Gasteiger partial charge in [-0.2, -0.15) is 0 Å². The highest BCUT2D eigenvalue weighted by atomic mass is 16.4. The second kappa shape index (κ2) is 4.58. The molecule has 0 aromatic heterocycles. The molecule has 0 aromatic carbocycles. The zero-order valence-corrected chi connectivity index (χ0v) is 7.94. The molecule has 76 valence electrons. The van der Waals surface area contributed by atoms with Crippen LogP contribution in [0.1, 0.15) is 19.8 Å². The molecular weight excluding hydrogens is 170 g/mol. The lowest BCUT2D eigenvalue weighted by Gasteiger charge is -2.15. The second-order valence-electron chi connectivity index (χ2n) is 3.76. The van der Waals surface area contributed by atoms with Gasteiger partial charge in [0.05, 0.1) is 12.0 Å². The average molecular weight is 187 g/mol. The maximum atomic E-state index is 10.6. The van der Waals surface area contributed by atoms with E-state index >= 15 is 0 Å². The van der Waals surface area contributed by atoms with E-state index < -0.39 is 5.97 Å². The van der Waals surface area contributed by atoms with Crippen molar-refractivity contribution in [1.29, 1.82) is 0 Å². The van der Waals surface area contributed by atoms with Gasteiger partial charge in [0.1, 0.15) is 0 Å². The van der Waals surface area contributed by atoms with E-state index in [1.807, 2.05) is 0 Å². The number of carboxylic acid groups (broad SMARTS) is 1. The van der Waals surface area contributed by atoms with Gasteiger partial charge in [0, 0.05) is 13.1 Å². The van der Waals surface area contributed by atoms with Crippen LogP contribution in [0.25, 0.3) is 0 Å². The zero-order chi connectivity index (χ0) is 9.84. The molecule has 0 spiro atoms. The number of likely N-dealkylation sites (tertiary alicyclic amines) is 1. The van der Waals surface area contributed by atoms with Crippen LogP contribution in [-0.4, -0.2) is 46.8 Å². The number of aliphatic hydroxyl groups is 1. The Labute approximate surface area is 78.2 Å². The summed E-state index contributed by atoms with van der Waals surface area (Å²) in [6.07, 6.45) is 1.19. The number of rotatable bonds is 4. The van der Waals surface area contributed by atoms with Gasteiger partial charge in [-0.3, -0.25) is 4.79 Å². The summed E-state index contributed by atoms with van der Waals surface area (Å²) in [6, 6.07) is 0. The zero-order valence-electron chi connectivity index (χ0n) is 7.94. The van der Waals surface area contributed by atoms with E-state index in [1.54, 1.807) is 6.92 Å². The summed E-state index contributed by atoms with van der Waals surface area (Å²) < 4.78 is 0. The smallest absolute Gasteiger partial charge is 0.307 e. The third-order valence-corrected chi connectivity index (χ3v) is 2.48. The minimum Gasteiger partial charge on any atom is -0.481 e. The van der Waals surface area contributed by atoms with Gasteiger partial charge in [-0.15, -0.1) is 0 Å². The van der Waals surface area contributed by atoms with Gasteiger partial charge in [0.25, 0.3) is 0 Å². The highest BCUT2D eigenvalue weighted by Gasteiger charge is 2.27. The van der Waals surface area contributed by atoms with E-state index in [0.717, 1.165) is 25.9 Å². The molecule has 2 unspecified atom stereocenters. The molecule has 4 heteroatoms. The number of aliphatic hydroxyl groups excluding tert-OH is 1. The Balaban J connectivity index is 2.21. The van der Waals surface area contributed by atoms with Crippen molar-refractivity contribution >= 4 is 5.97 Å². The van der Waals surface area contributed by atoms with Gasteiger partial charge in [0.2, 0.25) is 0 Å². The molecule has 2 N–H and O–H groups in total. The number of hydrogen-bond acceptors (Lipinski definition) is 3. The van der Waals surface area contributed by atoms with Crippen LogP contribution >= 0.6 is 0 Å². The summed E-state index contributed by atoms with van der Waals surface area (Å²) in [5.41, 5.74) is 0. The molecule has 2 atom stereocenters. The van der Waals surface area contributed by atoms with Crippen molar-refractivity contribution in [3.05, 3.63) is 0 Å². The molecule has 0 bridgehead atoms. The van der Waals surface area contributed by atoms with Crippen LogP contribution in [0.5, 0.6) is 0 Å². The first kappa shape index (κ1) is 10.5. The Morgan fingerprint density at radius 1 is 1.69 bits per heavy atom. The highest BCUT2D eigenvalue weighted by Crippen LogP contribution is 2.16. The van der Waals surface area contributed by atoms with E-state index in [1.165, 1.54) is 0 Å². The second-order valence-corrected chi connectivity index (χ2v) is 3.76. The van der Waals surface area contributed by atoms with Crippen molar-refractivity contribution in [2.24, 2.45) is 5.92 Å². The number of nitrogens with zero attached hydrogens (tertiary/aromatic N) is 1. The maximum absolute atomic E-state index is 10.6. The summed E-state index contributed by atoms with van der Waals surface area (Å²) >= 11 is 0. The first-order chi connectivity index (χ1) is 6.09. The van der Waals surface area contributed by atoms with Gasteiger partial charge in [-0.1, -0.05) is 0 Å². The Bertz CT molecular complexity index is 182. The van der Waals surface area contributed by atoms with Crippen molar-refractivity contribution < 1.29 is 15.0 Å². The topological polar surface area (TPSA) is 60.8 Å². The predicted molar refractivity (Wildman–Crippen MR) is 48.5 cm³/mol. The van der Waals surface area contributed by atoms with Crippen LogP contribution in [0, 0.1) is 5.92 Å². The molecule has 0 saturated carbocycles. The van der Waals surface area contributed by atoms with E-state index in [4.69, 9.17) is 10.2 Å². The molecule has 1 fully saturated rings.